The zero-order valence-electron chi connectivity index (χ0n) is 17.5. The topological polar surface area (TPSA) is 88.2 Å². The van der Waals surface area contributed by atoms with Crippen molar-refractivity contribution in [2.24, 2.45) is 0 Å². The van der Waals surface area contributed by atoms with Crippen LogP contribution in [0.3, 0.4) is 0 Å². The van der Waals surface area contributed by atoms with Gasteiger partial charge in [-0.1, -0.05) is 6.92 Å². The number of hydrogen-bond donors (Lipinski definition) is 2. The number of halogens is 5. The minimum atomic E-state index is -4.62. The van der Waals surface area contributed by atoms with Gasteiger partial charge in [0.15, 0.2) is 0 Å². The summed E-state index contributed by atoms with van der Waals surface area (Å²) < 4.78 is 89.4. The maximum absolute atomic E-state index is 14.2. The van der Waals surface area contributed by atoms with Crippen LogP contribution in [0.1, 0.15) is 30.2 Å². The number of hydrogen-bond acceptors (Lipinski definition) is 5. The Hall–Kier alpha value is -2.46. The summed E-state index contributed by atoms with van der Waals surface area (Å²) >= 11 is -1.60. The van der Waals surface area contributed by atoms with Crippen molar-refractivity contribution >= 4 is 44.8 Å². The summed E-state index contributed by atoms with van der Waals surface area (Å²) in [6.07, 6.45) is -0.788. The third kappa shape index (κ3) is 8.43. The third-order valence-electron chi connectivity index (χ3n) is 4.01. The molecule has 0 atom stereocenters. The molecule has 2 rings (SSSR count). The molecular formula is C20H20AsF5N3O3S. The molecule has 0 aliphatic heterocycles. The maximum atomic E-state index is 14.2. The van der Waals surface area contributed by atoms with Gasteiger partial charge in [0, 0.05) is 6.54 Å². The van der Waals surface area contributed by atoms with Crippen LogP contribution in [0.2, 0.25) is 0 Å². The Balaban J connectivity index is 2.12. The van der Waals surface area contributed by atoms with Crippen LogP contribution in [0, 0.1) is 11.6 Å². The number of amides is 1. The van der Waals surface area contributed by atoms with Gasteiger partial charge in [0.25, 0.3) is 0 Å². The van der Waals surface area contributed by atoms with Crippen LogP contribution >= 0.6 is 0 Å². The summed E-state index contributed by atoms with van der Waals surface area (Å²) in [5.74, 6) is -2.51. The van der Waals surface area contributed by atoms with E-state index in [1.54, 1.807) is 0 Å². The Morgan fingerprint density at radius 3 is 2.48 bits per heavy atom. The summed E-state index contributed by atoms with van der Waals surface area (Å²) in [4.78, 5) is 15.6. The van der Waals surface area contributed by atoms with Gasteiger partial charge < -0.3 is 0 Å². The molecule has 179 valence electrons. The van der Waals surface area contributed by atoms with E-state index < -0.39 is 52.1 Å². The van der Waals surface area contributed by atoms with E-state index in [0.717, 1.165) is 36.6 Å². The number of carbonyl (C=O) groups is 1. The van der Waals surface area contributed by atoms with Crippen molar-refractivity contribution in [2.75, 3.05) is 18.1 Å². The molecule has 13 heteroatoms. The van der Waals surface area contributed by atoms with E-state index in [1.807, 2.05) is 6.92 Å². The molecule has 0 fully saturated rings. The average Bonchev–Trinajstić information content (AvgIpc) is 2.70. The van der Waals surface area contributed by atoms with E-state index in [2.05, 4.69) is 15.6 Å². The van der Waals surface area contributed by atoms with Gasteiger partial charge in [0.2, 0.25) is 0 Å². The zero-order valence-corrected chi connectivity index (χ0v) is 20.2. The molecule has 0 aliphatic rings. The molecule has 1 radical (unpaired) electrons. The number of carbonyl (C=O) groups excluding carboxylic acids is 1. The predicted octanol–water partition coefficient (Wildman–Crippen LogP) is 2.82. The van der Waals surface area contributed by atoms with Gasteiger partial charge in [-0.25, -0.2) is 0 Å². The number of anilines is 1. The first-order valence-corrected chi connectivity index (χ1v) is 14.6. The second-order valence-electron chi connectivity index (χ2n) is 6.83. The average molecular weight is 552 g/mol. The van der Waals surface area contributed by atoms with E-state index >= 15 is 0 Å². The fraction of sp³-hybridized carbons (Fsp3) is 0.300. The van der Waals surface area contributed by atoms with Gasteiger partial charge in [-0.2, -0.15) is 13.2 Å². The van der Waals surface area contributed by atoms with E-state index in [0.29, 0.717) is 13.0 Å². The summed E-state index contributed by atoms with van der Waals surface area (Å²) in [5, 5.41) is 5.11. The first kappa shape index (κ1) is 26.8. The first-order valence-electron chi connectivity index (χ1n) is 9.49. The van der Waals surface area contributed by atoms with Crippen LogP contribution in [0.4, 0.5) is 27.8 Å². The Morgan fingerprint density at radius 2 is 1.88 bits per heavy atom. The molecule has 1 aromatic carbocycles. The Bertz CT molecular complexity index is 1150. The molecule has 0 saturated heterocycles. The fourth-order valence-corrected chi connectivity index (χ4v) is 6.52. The molecule has 2 N–H and O–H groups in total. The predicted molar refractivity (Wildman–Crippen MR) is 115 cm³/mol. The number of nitrogens with one attached hydrogen (secondary N) is 2. The Kier molecular flexibility index (Phi) is 9.02. The van der Waals surface area contributed by atoms with Gasteiger partial charge in [-0.05, 0) is 6.42 Å². The van der Waals surface area contributed by atoms with Crippen LogP contribution in [0.5, 0.6) is 0 Å². The Morgan fingerprint density at radius 1 is 1.18 bits per heavy atom. The van der Waals surface area contributed by atoms with Crippen LogP contribution < -0.4 is 15.0 Å². The van der Waals surface area contributed by atoms with Crippen molar-refractivity contribution in [1.29, 1.82) is 0 Å². The van der Waals surface area contributed by atoms with Crippen LogP contribution in [-0.4, -0.2) is 46.7 Å². The summed E-state index contributed by atoms with van der Waals surface area (Å²) in [5.41, 5.74) is -1.03. The monoisotopic (exact) mass is 552 g/mol. The van der Waals surface area contributed by atoms with E-state index in [-0.39, 0.29) is 27.8 Å². The number of rotatable bonds is 9. The van der Waals surface area contributed by atoms with Crippen molar-refractivity contribution < 1.29 is 35.2 Å². The summed E-state index contributed by atoms with van der Waals surface area (Å²) in [6, 6.07) is 3.57. The van der Waals surface area contributed by atoms with E-state index in [9.17, 15) is 35.2 Å². The zero-order chi connectivity index (χ0) is 24.8. The van der Waals surface area contributed by atoms with Crippen molar-refractivity contribution in [3.05, 3.63) is 58.8 Å². The molecule has 2 aromatic rings. The van der Waals surface area contributed by atoms with Gasteiger partial charge in [-0.3, -0.25) is 0 Å². The molecule has 1 amide bonds. The number of aromatic nitrogens is 1. The van der Waals surface area contributed by atoms with Gasteiger partial charge in [0.1, 0.15) is 5.69 Å². The van der Waals surface area contributed by atoms with E-state index in [1.165, 1.54) is 6.08 Å². The fourth-order valence-electron chi connectivity index (χ4n) is 2.52. The molecule has 0 unspecified atom stereocenters. The van der Waals surface area contributed by atoms with E-state index in [4.69, 9.17) is 0 Å². The number of alkyl halides is 3. The SMILES string of the molecule is CCCNc1nc(C(F)(F)F)ccc1/C=C\C(=O)NCc1cc(F)c([As]S(C)(=O)=O)cc1F. The molecule has 1 heterocycles. The first-order chi connectivity index (χ1) is 15.3. The molecule has 33 heavy (non-hydrogen) atoms. The van der Waals surface area contributed by atoms with Crippen LogP contribution in [-0.2, 0) is 25.6 Å². The molecular weight excluding hydrogens is 532 g/mol. The standard InChI is InChI=1S/C20H20AsF5N3O3S/c1-3-8-27-19-12(4-6-17(29-19)20(24,25)26)5-7-18(30)28-11-13-9-16(23)14(10-15(13)22)21-33(2,31)32/h4-7,9-10H,3,8,11H2,1-2H3,(H,27,29)(H,28,30)/b7-5-. The second-order valence-corrected chi connectivity index (χ2v) is 14.8. The van der Waals surface area contributed by atoms with Crippen molar-refractivity contribution in [2.45, 2.75) is 26.1 Å². The quantitative estimate of drug-likeness (QED) is 0.284. The van der Waals surface area contributed by atoms with Crippen molar-refractivity contribution in [3.8, 4) is 0 Å². The number of benzene rings is 1. The molecule has 1 aromatic heterocycles. The summed E-state index contributed by atoms with van der Waals surface area (Å²) in [6.45, 7) is 1.80. The minimum absolute atomic E-state index is 0.0480. The van der Waals surface area contributed by atoms with Crippen LogP contribution in [0.15, 0.2) is 30.3 Å². The van der Waals surface area contributed by atoms with Crippen LogP contribution in [0.25, 0.3) is 6.08 Å². The molecule has 0 saturated carbocycles. The molecule has 0 bridgehead atoms. The number of nitrogens with zero attached hydrogens (tertiary/aromatic N) is 1. The molecule has 6 nitrogen and oxygen atoms in total. The summed E-state index contributed by atoms with van der Waals surface area (Å²) in [7, 11) is -3.47. The molecule has 0 spiro atoms. The Labute approximate surface area is 193 Å². The number of pyridine rings is 1. The van der Waals surface area contributed by atoms with Gasteiger partial charge in [-0.15, -0.1) is 0 Å². The third-order valence-corrected chi connectivity index (χ3v) is 8.58. The van der Waals surface area contributed by atoms with Gasteiger partial charge in [0.05, 0.1) is 0 Å². The van der Waals surface area contributed by atoms with Crippen molar-refractivity contribution in [1.82, 2.24) is 10.3 Å². The van der Waals surface area contributed by atoms with Crippen molar-refractivity contribution in [3.63, 3.8) is 0 Å². The normalized spacial score (nSPS) is 12.6. The van der Waals surface area contributed by atoms with Gasteiger partial charge >= 0.3 is 155 Å². The second kappa shape index (κ2) is 11.1. The molecule has 0 aliphatic carbocycles.